The van der Waals surface area contributed by atoms with Gasteiger partial charge in [-0.25, -0.2) is 4.98 Å². The third-order valence-electron chi connectivity index (χ3n) is 4.16. The van der Waals surface area contributed by atoms with Gasteiger partial charge in [0.15, 0.2) is 6.61 Å². The van der Waals surface area contributed by atoms with Crippen molar-refractivity contribution in [2.45, 2.75) is 47.1 Å². The summed E-state index contributed by atoms with van der Waals surface area (Å²) in [5.74, 6) is 1.40. The third kappa shape index (κ3) is 5.02. The lowest BCUT2D eigenvalue weighted by atomic mass is 10.2. The number of carbonyl (C=O) groups excluding carboxylic acids is 1. The number of nitrogens with zero attached hydrogens (tertiary/aromatic N) is 3. The Bertz CT molecular complexity index is 714. The molecule has 5 nitrogen and oxygen atoms in total. The van der Waals surface area contributed by atoms with Crippen LogP contribution in [0, 0.1) is 13.8 Å². The van der Waals surface area contributed by atoms with E-state index in [9.17, 15) is 4.79 Å². The van der Waals surface area contributed by atoms with Crippen LogP contribution in [-0.4, -0.2) is 33.9 Å². The second-order valence-corrected chi connectivity index (χ2v) is 6.43. The Labute approximate surface area is 150 Å². The van der Waals surface area contributed by atoms with E-state index < -0.39 is 0 Å². The minimum atomic E-state index is -0.0480. The molecule has 0 radical (unpaired) electrons. The summed E-state index contributed by atoms with van der Waals surface area (Å²) in [7, 11) is 0. The van der Waals surface area contributed by atoms with E-state index >= 15 is 0 Å². The SMILES string of the molecule is CCN(Cc1ccccc1)C(=O)COc1nc(C(C)C)nc(C)c1C. The molecule has 0 fully saturated rings. The smallest absolute Gasteiger partial charge is 0.260 e. The monoisotopic (exact) mass is 341 g/mol. The Kier molecular flexibility index (Phi) is 6.51. The summed E-state index contributed by atoms with van der Waals surface area (Å²) in [5.41, 5.74) is 2.87. The van der Waals surface area contributed by atoms with Gasteiger partial charge in [-0.3, -0.25) is 4.79 Å². The average molecular weight is 341 g/mol. The number of aryl methyl sites for hydroxylation is 1. The molecule has 0 spiro atoms. The van der Waals surface area contributed by atoms with E-state index in [0.29, 0.717) is 19.0 Å². The molecule has 0 saturated carbocycles. The number of aromatic nitrogens is 2. The minimum Gasteiger partial charge on any atom is -0.467 e. The lowest BCUT2D eigenvalue weighted by Crippen LogP contribution is -2.34. The molecule has 134 valence electrons. The van der Waals surface area contributed by atoms with Gasteiger partial charge in [0.1, 0.15) is 5.82 Å². The molecule has 0 bridgehead atoms. The number of ether oxygens (including phenoxy) is 1. The maximum atomic E-state index is 12.5. The molecule has 0 saturated heterocycles. The van der Waals surface area contributed by atoms with Gasteiger partial charge < -0.3 is 9.64 Å². The van der Waals surface area contributed by atoms with Gasteiger partial charge in [0, 0.05) is 30.3 Å². The van der Waals surface area contributed by atoms with Crippen LogP contribution in [-0.2, 0) is 11.3 Å². The molecular formula is C20H27N3O2. The summed E-state index contributed by atoms with van der Waals surface area (Å²) in [5, 5.41) is 0. The second kappa shape index (κ2) is 8.60. The number of hydrogen-bond donors (Lipinski definition) is 0. The molecule has 1 heterocycles. The van der Waals surface area contributed by atoms with Crippen LogP contribution in [0.1, 0.15) is 49.3 Å². The van der Waals surface area contributed by atoms with Crippen molar-refractivity contribution in [1.82, 2.24) is 14.9 Å². The standard InChI is InChI=1S/C20H27N3O2/c1-6-23(12-17-10-8-7-9-11-17)18(24)13-25-20-15(4)16(5)21-19(22-20)14(2)3/h7-11,14H,6,12-13H2,1-5H3. The first-order chi connectivity index (χ1) is 11.9. The summed E-state index contributed by atoms with van der Waals surface area (Å²) in [6, 6.07) is 9.96. The summed E-state index contributed by atoms with van der Waals surface area (Å²) >= 11 is 0. The molecule has 0 aliphatic carbocycles. The predicted molar refractivity (Wildman–Crippen MR) is 98.6 cm³/mol. The Morgan fingerprint density at radius 2 is 1.84 bits per heavy atom. The van der Waals surface area contributed by atoms with Crippen LogP contribution < -0.4 is 4.74 Å². The lowest BCUT2D eigenvalue weighted by Gasteiger charge is -2.21. The van der Waals surface area contributed by atoms with Gasteiger partial charge >= 0.3 is 0 Å². The quantitative estimate of drug-likeness (QED) is 0.771. The van der Waals surface area contributed by atoms with Gasteiger partial charge in [0.25, 0.3) is 5.91 Å². The van der Waals surface area contributed by atoms with Crippen molar-refractivity contribution in [2.75, 3.05) is 13.2 Å². The van der Waals surface area contributed by atoms with Gasteiger partial charge in [-0.05, 0) is 26.3 Å². The summed E-state index contributed by atoms with van der Waals surface area (Å²) in [4.78, 5) is 23.3. The summed E-state index contributed by atoms with van der Waals surface area (Å²) < 4.78 is 5.75. The minimum absolute atomic E-state index is 0.0184. The van der Waals surface area contributed by atoms with Crippen LogP contribution >= 0.6 is 0 Å². The van der Waals surface area contributed by atoms with E-state index in [1.165, 1.54) is 0 Å². The average Bonchev–Trinajstić information content (AvgIpc) is 2.61. The van der Waals surface area contributed by atoms with Gasteiger partial charge in [0.05, 0.1) is 0 Å². The second-order valence-electron chi connectivity index (χ2n) is 6.43. The van der Waals surface area contributed by atoms with Crippen LogP contribution in [0.5, 0.6) is 5.88 Å². The van der Waals surface area contributed by atoms with E-state index in [1.807, 2.05) is 65.0 Å². The molecule has 0 unspecified atom stereocenters. The number of amides is 1. The van der Waals surface area contributed by atoms with Crippen LogP contribution in [0.4, 0.5) is 0 Å². The van der Waals surface area contributed by atoms with E-state index in [2.05, 4.69) is 9.97 Å². The van der Waals surface area contributed by atoms with Crippen molar-refractivity contribution in [3.8, 4) is 5.88 Å². The molecule has 0 atom stereocenters. The molecule has 25 heavy (non-hydrogen) atoms. The molecule has 1 aromatic carbocycles. The summed E-state index contributed by atoms with van der Waals surface area (Å²) in [6.07, 6.45) is 0. The fourth-order valence-corrected chi connectivity index (χ4v) is 2.42. The molecule has 0 aliphatic rings. The zero-order valence-corrected chi connectivity index (χ0v) is 15.7. The van der Waals surface area contributed by atoms with E-state index in [4.69, 9.17) is 4.74 Å². The first-order valence-corrected chi connectivity index (χ1v) is 8.72. The largest absolute Gasteiger partial charge is 0.467 e. The third-order valence-corrected chi connectivity index (χ3v) is 4.16. The fourth-order valence-electron chi connectivity index (χ4n) is 2.42. The van der Waals surface area contributed by atoms with Crippen LogP contribution in [0.3, 0.4) is 0 Å². The Morgan fingerprint density at radius 1 is 1.16 bits per heavy atom. The molecule has 5 heteroatoms. The first kappa shape index (κ1) is 18.9. The zero-order chi connectivity index (χ0) is 18.4. The van der Waals surface area contributed by atoms with E-state index in [1.54, 1.807) is 4.90 Å². The highest BCUT2D eigenvalue weighted by molar-refractivity contribution is 5.77. The molecule has 2 rings (SSSR count). The van der Waals surface area contributed by atoms with Crippen molar-refractivity contribution >= 4 is 5.91 Å². The molecule has 2 aromatic rings. The molecule has 0 N–H and O–H groups in total. The number of rotatable bonds is 7. The normalized spacial score (nSPS) is 10.8. The molecular weight excluding hydrogens is 314 g/mol. The highest BCUT2D eigenvalue weighted by atomic mass is 16.5. The van der Waals surface area contributed by atoms with Crippen LogP contribution in [0.15, 0.2) is 30.3 Å². The maximum absolute atomic E-state index is 12.5. The van der Waals surface area contributed by atoms with Crippen molar-refractivity contribution in [3.05, 3.63) is 53.0 Å². The highest BCUT2D eigenvalue weighted by Crippen LogP contribution is 2.21. The Balaban J connectivity index is 2.05. The van der Waals surface area contributed by atoms with Crippen molar-refractivity contribution in [1.29, 1.82) is 0 Å². The zero-order valence-electron chi connectivity index (χ0n) is 15.7. The van der Waals surface area contributed by atoms with Gasteiger partial charge in [-0.1, -0.05) is 44.2 Å². The topological polar surface area (TPSA) is 55.3 Å². The Hall–Kier alpha value is -2.43. The van der Waals surface area contributed by atoms with E-state index in [0.717, 1.165) is 22.6 Å². The van der Waals surface area contributed by atoms with E-state index in [-0.39, 0.29) is 18.4 Å². The van der Waals surface area contributed by atoms with Crippen molar-refractivity contribution < 1.29 is 9.53 Å². The number of benzene rings is 1. The molecule has 0 aliphatic heterocycles. The van der Waals surface area contributed by atoms with Crippen LogP contribution in [0.2, 0.25) is 0 Å². The fraction of sp³-hybridized carbons (Fsp3) is 0.450. The lowest BCUT2D eigenvalue weighted by molar-refractivity contribution is -0.133. The van der Waals surface area contributed by atoms with Gasteiger partial charge in [-0.2, -0.15) is 4.98 Å². The van der Waals surface area contributed by atoms with Gasteiger partial charge in [-0.15, -0.1) is 0 Å². The van der Waals surface area contributed by atoms with Crippen molar-refractivity contribution in [2.24, 2.45) is 0 Å². The first-order valence-electron chi connectivity index (χ1n) is 8.72. The van der Waals surface area contributed by atoms with Crippen LogP contribution in [0.25, 0.3) is 0 Å². The number of carbonyl (C=O) groups is 1. The molecule has 1 amide bonds. The number of likely N-dealkylation sites (N-methyl/N-ethyl adjacent to an activating group) is 1. The van der Waals surface area contributed by atoms with Gasteiger partial charge in [0.2, 0.25) is 5.88 Å². The number of hydrogen-bond acceptors (Lipinski definition) is 4. The highest BCUT2D eigenvalue weighted by Gasteiger charge is 2.16. The molecule has 1 aromatic heterocycles. The van der Waals surface area contributed by atoms with Crippen molar-refractivity contribution in [3.63, 3.8) is 0 Å². The predicted octanol–water partition coefficient (Wildman–Crippen LogP) is 3.64. The summed E-state index contributed by atoms with van der Waals surface area (Å²) in [6.45, 7) is 11.1. The Morgan fingerprint density at radius 3 is 2.44 bits per heavy atom. The maximum Gasteiger partial charge on any atom is 0.260 e.